The summed E-state index contributed by atoms with van der Waals surface area (Å²) in [5.41, 5.74) is 2.96. The molecule has 2 aliphatic rings. The molecule has 3 heteroatoms. The van der Waals surface area contributed by atoms with Gasteiger partial charge in [0.05, 0.1) is 12.6 Å². The lowest BCUT2D eigenvalue weighted by Gasteiger charge is -2.28. The van der Waals surface area contributed by atoms with Crippen LogP contribution in [0.1, 0.15) is 43.9 Å². The molecule has 104 valence electrons. The highest BCUT2D eigenvalue weighted by Gasteiger charge is 2.22. The standard InChI is InChI=1S/C14H19N3.C2H6/c1-17-10-9-15-14(17)16-13-8-4-6-11-5-2-3-7-12(11)13;1-2/h2-3,5,7,13H,4,6,8-10H2,1H3,(H,15,16);1-2H3. The molecule has 3 nitrogen and oxygen atoms in total. The molecule has 0 spiro atoms. The van der Waals surface area contributed by atoms with E-state index in [9.17, 15) is 0 Å². The summed E-state index contributed by atoms with van der Waals surface area (Å²) in [5, 5.41) is 3.60. The molecular weight excluding hydrogens is 234 g/mol. The maximum absolute atomic E-state index is 4.52. The molecule has 1 heterocycles. The molecule has 0 saturated heterocycles. The fourth-order valence-corrected chi connectivity index (χ4v) is 2.75. The van der Waals surface area contributed by atoms with Gasteiger partial charge < -0.3 is 10.2 Å². The topological polar surface area (TPSA) is 27.6 Å². The molecule has 1 aromatic carbocycles. The molecule has 19 heavy (non-hydrogen) atoms. The van der Waals surface area contributed by atoms with Gasteiger partial charge in [-0.1, -0.05) is 38.1 Å². The molecule has 0 aromatic heterocycles. The Morgan fingerprint density at radius 3 is 2.79 bits per heavy atom. The van der Waals surface area contributed by atoms with E-state index in [1.54, 1.807) is 0 Å². The minimum absolute atomic E-state index is 0.444. The Kier molecular flexibility index (Phi) is 4.83. The van der Waals surface area contributed by atoms with E-state index >= 15 is 0 Å². The van der Waals surface area contributed by atoms with Gasteiger partial charge in [0, 0.05) is 13.6 Å². The van der Waals surface area contributed by atoms with Gasteiger partial charge in [0.1, 0.15) is 0 Å². The minimum Gasteiger partial charge on any atom is -0.349 e. The van der Waals surface area contributed by atoms with Gasteiger partial charge in [0.2, 0.25) is 0 Å². The molecular formula is C16H25N3. The molecule has 1 aliphatic heterocycles. The van der Waals surface area contributed by atoms with Gasteiger partial charge >= 0.3 is 0 Å². The third kappa shape index (κ3) is 3.09. The van der Waals surface area contributed by atoms with Crippen molar-refractivity contribution in [2.45, 2.75) is 39.2 Å². The summed E-state index contributed by atoms with van der Waals surface area (Å²) in [4.78, 5) is 6.72. The van der Waals surface area contributed by atoms with Crippen LogP contribution < -0.4 is 5.32 Å². The molecule has 3 rings (SSSR count). The van der Waals surface area contributed by atoms with Crippen molar-refractivity contribution >= 4 is 5.96 Å². The molecule has 0 amide bonds. The number of aryl methyl sites for hydroxylation is 1. The first-order chi connectivity index (χ1) is 9.34. The third-order valence-electron chi connectivity index (χ3n) is 3.73. The minimum atomic E-state index is 0.444. The van der Waals surface area contributed by atoms with Crippen LogP contribution in [0.25, 0.3) is 0 Å². The highest BCUT2D eigenvalue weighted by molar-refractivity contribution is 5.81. The number of hydrogen-bond donors (Lipinski definition) is 1. The normalized spacial score (nSPS) is 21.1. The zero-order chi connectivity index (χ0) is 13.7. The van der Waals surface area contributed by atoms with E-state index < -0.39 is 0 Å². The smallest absolute Gasteiger partial charge is 0.194 e. The van der Waals surface area contributed by atoms with Crippen molar-refractivity contribution in [3.63, 3.8) is 0 Å². The zero-order valence-electron chi connectivity index (χ0n) is 12.3. The van der Waals surface area contributed by atoms with Gasteiger partial charge in [-0.2, -0.15) is 0 Å². The van der Waals surface area contributed by atoms with Crippen LogP contribution in [0, 0.1) is 0 Å². The molecule has 0 saturated carbocycles. The lowest BCUT2D eigenvalue weighted by atomic mass is 9.88. The van der Waals surface area contributed by atoms with Crippen LogP contribution in [0.15, 0.2) is 29.3 Å². The predicted molar refractivity (Wildman–Crippen MR) is 81.5 cm³/mol. The Morgan fingerprint density at radius 1 is 1.26 bits per heavy atom. The number of aliphatic imine (C=N–C) groups is 1. The number of hydrogen-bond acceptors (Lipinski definition) is 3. The van der Waals surface area contributed by atoms with E-state index in [2.05, 4.69) is 46.5 Å². The number of nitrogens with zero attached hydrogens (tertiary/aromatic N) is 2. The Morgan fingerprint density at radius 2 is 2.05 bits per heavy atom. The molecule has 0 bridgehead atoms. The van der Waals surface area contributed by atoms with Gasteiger partial charge in [-0.05, 0) is 30.4 Å². The number of benzene rings is 1. The van der Waals surface area contributed by atoms with Crippen LogP contribution in [0.3, 0.4) is 0 Å². The second kappa shape index (κ2) is 6.60. The summed E-state index contributed by atoms with van der Waals surface area (Å²) in [6.45, 7) is 5.96. The van der Waals surface area contributed by atoms with Crippen molar-refractivity contribution < 1.29 is 0 Å². The van der Waals surface area contributed by atoms with Crippen LogP contribution in [0.5, 0.6) is 0 Å². The van der Waals surface area contributed by atoms with E-state index in [0.29, 0.717) is 6.04 Å². The van der Waals surface area contributed by atoms with Crippen molar-refractivity contribution in [2.24, 2.45) is 4.99 Å². The Balaban J connectivity index is 0.000000637. The highest BCUT2D eigenvalue weighted by atomic mass is 15.3. The van der Waals surface area contributed by atoms with Crippen LogP contribution in [-0.4, -0.2) is 31.0 Å². The second-order valence-electron chi connectivity index (χ2n) is 4.91. The molecule has 1 aliphatic carbocycles. The van der Waals surface area contributed by atoms with Gasteiger partial charge in [-0.3, -0.25) is 4.99 Å². The van der Waals surface area contributed by atoms with Crippen LogP contribution in [0.2, 0.25) is 0 Å². The number of likely N-dealkylation sites (N-methyl/N-ethyl adjacent to an activating group) is 1. The molecule has 0 fully saturated rings. The Hall–Kier alpha value is -1.51. The summed E-state index contributed by atoms with van der Waals surface area (Å²) >= 11 is 0. The van der Waals surface area contributed by atoms with Gasteiger partial charge in [-0.25, -0.2) is 0 Å². The van der Waals surface area contributed by atoms with E-state index in [-0.39, 0.29) is 0 Å². The lowest BCUT2D eigenvalue weighted by molar-refractivity contribution is 0.478. The van der Waals surface area contributed by atoms with E-state index in [0.717, 1.165) is 19.0 Å². The summed E-state index contributed by atoms with van der Waals surface area (Å²) in [6, 6.07) is 9.23. The van der Waals surface area contributed by atoms with Gasteiger partial charge in [0.25, 0.3) is 0 Å². The summed E-state index contributed by atoms with van der Waals surface area (Å²) in [6.07, 6.45) is 3.70. The average molecular weight is 259 g/mol. The zero-order valence-corrected chi connectivity index (χ0v) is 12.3. The van der Waals surface area contributed by atoms with Gasteiger partial charge in [0.15, 0.2) is 5.96 Å². The van der Waals surface area contributed by atoms with Crippen molar-refractivity contribution in [3.8, 4) is 0 Å². The summed E-state index contributed by atoms with van der Waals surface area (Å²) < 4.78 is 0. The van der Waals surface area contributed by atoms with Crippen LogP contribution >= 0.6 is 0 Å². The van der Waals surface area contributed by atoms with Crippen LogP contribution in [0.4, 0.5) is 0 Å². The Labute approximate surface area is 116 Å². The van der Waals surface area contributed by atoms with Crippen molar-refractivity contribution in [2.75, 3.05) is 20.1 Å². The summed E-state index contributed by atoms with van der Waals surface area (Å²) in [5.74, 6) is 1.06. The number of nitrogens with one attached hydrogen (secondary N) is 1. The molecule has 1 N–H and O–H groups in total. The molecule has 1 aromatic rings. The van der Waals surface area contributed by atoms with Gasteiger partial charge in [-0.15, -0.1) is 0 Å². The largest absolute Gasteiger partial charge is 0.349 e. The second-order valence-corrected chi connectivity index (χ2v) is 4.91. The number of rotatable bonds is 1. The Bertz CT molecular complexity index is 439. The number of guanidine groups is 1. The quantitative estimate of drug-likeness (QED) is 0.839. The molecule has 0 radical (unpaired) electrons. The van der Waals surface area contributed by atoms with Crippen molar-refractivity contribution in [1.82, 2.24) is 10.2 Å². The third-order valence-corrected chi connectivity index (χ3v) is 3.73. The first-order valence-electron chi connectivity index (χ1n) is 7.44. The molecule has 1 unspecified atom stereocenters. The molecule has 1 atom stereocenters. The lowest BCUT2D eigenvalue weighted by Crippen LogP contribution is -2.39. The fraction of sp³-hybridized carbons (Fsp3) is 0.562. The number of fused-ring (bicyclic) bond motifs is 1. The monoisotopic (exact) mass is 259 g/mol. The maximum atomic E-state index is 4.52. The van der Waals surface area contributed by atoms with E-state index in [4.69, 9.17) is 0 Å². The van der Waals surface area contributed by atoms with E-state index in [1.165, 1.54) is 30.4 Å². The van der Waals surface area contributed by atoms with Crippen LogP contribution in [-0.2, 0) is 6.42 Å². The SMILES string of the molecule is CC.CN1CCN=C1NC1CCCc2ccccc21. The average Bonchev–Trinajstić information content (AvgIpc) is 2.87. The summed E-state index contributed by atoms with van der Waals surface area (Å²) in [7, 11) is 2.10. The van der Waals surface area contributed by atoms with E-state index in [1.807, 2.05) is 13.8 Å². The fourth-order valence-electron chi connectivity index (χ4n) is 2.75. The van der Waals surface area contributed by atoms with Crippen molar-refractivity contribution in [1.29, 1.82) is 0 Å². The first kappa shape index (κ1) is 13.9. The maximum Gasteiger partial charge on any atom is 0.194 e. The van der Waals surface area contributed by atoms with Crippen molar-refractivity contribution in [3.05, 3.63) is 35.4 Å². The first-order valence-corrected chi connectivity index (χ1v) is 7.44. The highest BCUT2D eigenvalue weighted by Crippen LogP contribution is 2.29. The predicted octanol–water partition coefficient (Wildman–Crippen LogP) is 2.98.